The molecule has 86 valence electrons. The summed E-state index contributed by atoms with van der Waals surface area (Å²) in [7, 11) is 1.49. The third-order valence-corrected chi connectivity index (χ3v) is 2.45. The van der Waals surface area contributed by atoms with Gasteiger partial charge in [0.15, 0.2) is 0 Å². The van der Waals surface area contributed by atoms with Crippen molar-refractivity contribution in [2.45, 2.75) is 12.8 Å². The molecule has 1 fully saturated rings. The molecule has 0 bridgehead atoms. The maximum atomic E-state index is 11.5. The third kappa shape index (κ3) is 3.39. The molecule has 0 spiro atoms. The number of hydrogen-bond donors (Lipinski definition) is 2. The number of likely N-dealkylation sites (tertiary alicyclic amines) is 1. The largest absolute Gasteiger partial charge is 0.465 e. The Bertz CT molecular complexity index is 244. The van der Waals surface area contributed by atoms with E-state index in [0.717, 1.165) is 12.8 Å². The van der Waals surface area contributed by atoms with Crippen LogP contribution in [0, 0.1) is 5.92 Å². The Labute approximate surface area is 88.2 Å². The fraction of sp³-hybridized carbons (Fsp3) is 0.778. The average Bonchev–Trinajstić information content (AvgIpc) is 2.26. The minimum absolute atomic E-state index is 0.136. The topological polar surface area (TPSA) is 78.9 Å². The maximum Gasteiger partial charge on any atom is 0.407 e. The zero-order chi connectivity index (χ0) is 11.3. The van der Waals surface area contributed by atoms with Crippen LogP contribution in [-0.2, 0) is 9.53 Å². The third-order valence-electron chi connectivity index (χ3n) is 2.45. The summed E-state index contributed by atoms with van der Waals surface area (Å²) in [5.41, 5.74) is 0. The van der Waals surface area contributed by atoms with Crippen LogP contribution in [0.4, 0.5) is 4.79 Å². The van der Waals surface area contributed by atoms with E-state index in [4.69, 9.17) is 9.84 Å². The van der Waals surface area contributed by atoms with Crippen molar-refractivity contribution < 1.29 is 19.4 Å². The number of ether oxygens (including phenoxy) is 1. The first-order valence-corrected chi connectivity index (χ1v) is 4.89. The second-order valence-electron chi connectivity index (χ2n) is 3.54. The number of nitrogens with one attached hydrogen (secondary N) is 1. The van der Waals surface area contributed by atoms with Crippen molar-refractivity contribution >= 4 is 12.0 Å². The van der Waals surface area contributed by atoms with Gasteiger partial charge in [-0.25, -0.2) is 4.79 Å². The summed E-state index contributed by atoms with van der Waals surface area (Å²) in [5, 5.41) is 11.4. The number of piperidine rings is 1. The molecule has 0 aromatic carbocycles. The van der Waals surface area contributed by atoms with E-state index in [2.05, 4.69) is 5.32 Å². The van der Waals surface area contributed by atoms with Gasteiger partial charge in [-0.15, -0.1) is 0 Å². The highest BCUT2D eigenvalue weighted by atomic mass is 16.5. The highest BCUT2D eigenvalue weighted by molar-refractivity contribution is 5.79. The van der Waals surface area contributed by atoms with E-state index in [1.54, 1.807) is 0 Å². The lowest BCUT2D eigenvalue weighted by molar-refractivity contribution is -0.127. The van der Waals surface area contributed by atoms with Gasteiger partial charge in [-0.3, -0.25) is 4.79 Å². The molecule has 0 saturated carbocycles. The summed E-state index contributed by atoms with van der Waals surface area (Å²) in [6, 6.07) is 0. The van der Waals surface area contributed by atoms with Crippen molar-refractivity contribution in [1.29, 1.82) is 0 Å². The highest BCUT2D eigenvalue weighted by Crippen LogP contribution is 2.16. The van der Waals surface area contributed by atoms with Gasteiger partial charge in [-0.1, -0.05) is 0 Å². The van der Waals surface area contributed by atoms with Crippen LogP contribution in [0.5, 0.6) is 0 Å². The van der Waals surface area contributed by atoms with Crippen molar-refractivity contribution in [3.05, 3.63) is 0 Å². The fourth-order valence-corrected chi connectivity index (χ4v) is 1.65. The Morgan fingerprint density at radius 2 is 2.33 bits per heavy atom. The highest BCUT2D eigenvalue weighted by Gasteiger charge is 2.27. The van der Waals surface area contributed by atoms with E-state index in [1.165, 1.54) is 12.0 Å². The van der Waals surface area contributed by atoms with Gasteiger partial charge in [0.2, 0.25) is 5.91 Å². The van der Waals surface area contributed by atoms with Gasteiger partial charge in [0, 0.05) is 20.2 Å². The van der Waals surface area contributed by atoms with Gasteiger partial charge >= 0.3 is 6.09 Å². The molecule has 15 heavy (non-hydrogen) atoms. The smallest absolute Gasteiger partial charge is 0.407 e. The molecule has 0 aromatic rings. The number of hydrogen-bond acceptors (Lipinski definition) is 3. The summed E-state index contributed by atoms with van der Waals surface area (Å²) in [6.07, 6.45) is 0.510. The van der Waals surface area contributed by atoms with Crippen LogP contribution in [0.3, 0.4) is 0 Å². The molecule has 1 heterocycles. The van der Waals surface area contributed by atoms with Crippen LogP contribution < -0.4 is 5.32 Å². The van der Waals surface area contributed by atoms with Crippen LogP contribution in [0.2, 0.25) is 0 Å². The first-order valence-electron chi connectivity index (χ1n) is 4.89. The van der Waals surface area contributed by atoms with E-state index < -0.39 is 6.09 Å². The van der Waals surface area contributed by atoms with E-state index in [1.807, 2.05) is 0 Å². The van der Waals surface area contributed by atoms with Crippen molar-refractivity contribution in [3.63, 3.8) is 0 Å². The summed E-state index contributed by atoms with van der Waals surface area (Å²) >= 11 is 0. The normalized spacial score (nSPS) is 21.1. The van der Waals surface area contributed by atoms with Gasteiger partial charge in [-0.2, -0.15) is 0 Å². The van der Waals surface area contributed by atoms with Crippen LogP contribution in [-0.4, -0.2) is 48.9 Å². The van der Waals surface area contributed by atoms with Crippen molar-refractivity contribution in [2.24, 2.45) is 5.92 Å². The summed E-state index contributed by atoms with van der Waals surface area (Å²) in [4.78, 5) is 23.5. The van der Waals surface area contributed by atoms with Crippen molar-refractivity contribution in [2.75, 3.05) is 26.9 Å². The Morgan fingerprint density at radius 1 is 1.60 bits per heavy atom. The van der Waals surface area contributed by atoms with E-state index >= 15 is 0 Å². The van der Waals surface area contributed by atoms with Crippen molar-refractivity contribution in [1.82, 2.24) is 10.2 Å². The second kappa shape index (κ2) is 5.55. The zero-order valence-electron chi connectivity index (χ0n) is 8.73. The van der Waals surface area contributed by atoms with Gasteiger partial charge < -0.3 is 20.1 Å². The number of rotatable bonds is 3. The number of amides is 2. The number of nitrogens with zero attached hydrogens (tertiary/aromatic N) is 1. The molecular formula is C9H16N2O4. The molecule has 6 heteroatoms. The SMILES string of the molecule is COCNC(=O)[C@H]1CCCN(C(=O)O)C1. The first-order chi connectivity index (χ1) is 7.15. The molecule has 0 aliphatic carbocycles. The monoisotopic (exact) mass is 216 g/mol. The van der Waals surface area contributed by atoms with Crippen LogP contribution >= 0.6 is 0 Å². The summed E-state index contributed by atoms with van der Waals surface area (Å²) in [5.74, 6) is -0.382. The standard InChI is InChI=1S/C9H16N2O4/c1-15-6-10-8(12)7-3-2-4-11(5-7)9(13)14/h7H,2-6H2,1H3,(H,10,12)(H,13,14)/t7-/m0/s1. The number of carbonyl (C=O) groups excluding carboxylic acids is 1. The number of methoxy groups -OCH3 is 1. The van der Waals surface area contributed by atoms with Gasteiger partial charge in [-0.05, 0) is 12.8 Å². The summed E-state index contributed by atoms with van der Waals surface area (Å²) in [6.45, 7) is 0.969. The molecule has 1 aliphatic rings. The minimum atomic E-state index is -0.959. The lowest BCUT2D eigenvalue weighted by atomic mass is 9.97. The predicted molar refractivity (Wildman–Crippen MR) is 52.3 cm³/mol. The van der Waals surface area contributed by atoms with Crippen LogP contribution in [0.15, 0.2) is 0 Å². The van der Waals surface area contributed by atoms with E-state index in [9.17, 15) is 9.59 Å². The maximum absolute atomic E-state index is 11.5. The zero-order valence-corrected chi connectivity index (χ0v) is 8.73. The number of carboxylic acid groups (broad SMARTS) is 1. The molecule has 0 aromatic heterocycles. The first kappa shape index (κ1) is 11.8. The van der Waals surface area contributed by atoms with Crippen LogP contribution in [0.25, 0.3) is 0 Å². The van der Waals surface area contributed by atoms with E-state index in [-0.39, 0.29) is 25.1 Å². The van der Waals surface area contributed by atoms with Crippen molar-refractivity contribution in [3.8, 4) is 0 Å². The minimum Gasteiger partial charge on any atom is -0.465 e. The molecule has 1 atom stereocenters. The lowest BCUT2D eigenvalue weighted by Crippen LogP contribution is -2.45. The molecule has 1 saturated heterocycles. The van der Waals surface area contributed by atoms with Gasteiger partial charge in [0.25, 0.3) is 0 Å². The average molecular weight is 216 g/mol. The molecule has 2 amide bonds. The molecule has 6 nitrogen and oxygen atoms in total. The molecule has 1 aliphatic heterocycles. The molecule has 1 rings (SSSR count). The molecule has 0 unspecified atom stereocenters. The number of carbonyl (C=O) groups is 2. The Morgan fingerprint density at radius 3 is 2.93 bits per heavy atom. The predicted octanol–water partition coefficient (Wildman–Crippen LogP) is 0.0965. The lowest BCUT2D eigenvalue weighted by Gasteiger charge is -2.29. The molecular weight excluding hydrogens is 200 g/mol. The van der Waals surface area contributed by atoms with Crippen LogP contribution in [0.1, 0.15) is 12.8 Å². The Balaban J connectivity index is 2.41. The Hall–Kier alpha value is -1.30. The Kier molecular flexibility index (Phi) is 4.36. The fourth-order valence-electron chi connectivity index (χ4n) is 1.65. The van der Waals surface area contributed by atoms with Gasteiger partial charge in [0.05, 0.1) is 5.92 Å². The van der Waals surface area contributed by atoms with Gasteiger partial charge in [0.1, 0.15) is 6.73 Å². The van der Waals surface area contributed by atoms with E-state index in [0.29, 0.717) is 6.54 Å². The molecule has 2 N–H and O–H groups in total. The quantitative estimate of drug-likeness (QED) is 0.656. The second-order valence-corrected chi connectivity index (χ2v) is 3.54. The molecule has 0 radical (unpaired) electrons. The summed E-state index contributed by atoms with van der Waals surface area (Å²) < 4.78 is 4.72.